The molecule has 4 heteroatoms. The van der Waals surface area contributed by atoms with Crippen LogP contribution in [0.3, 0.4) is 0 Å². The van der Waals surface area contributed by atoms with Gasteiger partial charge in [-0.3, -0.25) is 9.79 Å². The van der Waals surface area contributed by atoms with Crippen molar-refractivity contribution in [1.82, 2.24) is 4.57 Å². The Labute approximate surface area is 182 Å². The minimum Gasteiger partial charge on any atom is -0.318 e. The number of halogens is 1. The first-order chi connectivity index (χ1) is 14.9. The predicted molar refractivity (Wildman–Crippen MR) is 125 cm³/mol. The fraction of sp³-hybridized carbons (Fsp3) is 0.259. The third kappa shape index (κ3) is 4.02. The van der Waals surface area contributed by atoms with Gasteiger partial charge in [0.1, 0.15) is 5.82 Å². The van der Waals surface area contributed by atoms with Crippen LogP contribution >= 0.6 is 0 Å². The lowest BCUT2D eigenvalue weighted by atomic mass is 9.88. The molecule has 0 saturated carbocycles. The standard InChI is InChI=1S/C27H27FN2O/c1-5-6-7-8-20-14-23-24(13-17(20)2)27(19-9-11-21(28)12-10-19)29-18(3)22-15-26(31)30(4)16-25(22)23/h6-7,9-16,18H,5,8H2,1-4H3/t18-/m0/s1. The minimum absolute atomic E-state index is 0.0502. The lowest BCUT2D eigenvalue weighted by molar-refractivity contribution is 0.628. The smallest absolute Gasteiger partial charge is 0.250 e. The Morgan fingerprint density at radius 3 is 2.52 bits per heavy atom. The summed E-state index contributed by atoms with van der Waals surface area (Å²) in [5, 5.41) is 0. The van der Waals surface area contributed by atoms with Gasteiger partial charge in [-0.25, -0.2) is 4.39 Å². The zero-order valence-corrected chi connectivity index (χ0v) is 18.4. The van der Waals surface area contributed by atoms with Crippen molar-refractivity contribution in [1.29, 1.82) is 0 Å². The van der Waals surface area contributed by atoms with E-state index >= 15 is 0 Å². The average molecular weight is 415 g/mol. The van der Waals surface area contributed by atoms with Crippen molar-refractivity contribution in [2.24, 2.45) is 12.0 Å². The maximum Gasteiger partial charge on any atom is 0.250 e. The van der Waals surface area contributed by atoms with E-state index in [2.05, 4.69) is 38.1 Å². The summed E-state index contributed by atoms with van der Waals surface area (Å²) < 4.78 is 15.2. The van der Waals surface area contributed by atoms with E-state index in [1.807, 2.05) is 13.1 Å². The lowest BCUT2D eigenvalue weighted by Gasteiger charge is -2.16. The molecular formula is C27H27FN2O. The third-order valence-corrected chi connectivity index (χ3v) is 5.91. The van der Waals surface area contributed by atoms with Crippen LogP contribution in [0.25, 0.3) is 11.1 Å². The summed E-state index contributed by atoms with van der Waals surface area (Å²) in [6.07, 6.45) is 8.15. The number of hydrogen-bond donors (Lipinski definition) is 0. The second-order valence-electron chi connectivity index (χ2n) is 8.16. The van der Waals surface area contributed by atoms with Gasteiger partial charge in [-0.05, 0) is 85.3 Å². The molecule has 2 heterocycles. The van der Waals surface area contributed by atoms with E-state index in [1.165, 1.54) is 23.3 Å². The Balaban J connectivity index is 2.01. The first-order valence-electron chi connectivity index (χ1n) is 10.7. The van der Waals surface area contributed by atoms with Gasteiger partial charge in [0.2, 0.25) is 0 Å². The highest BCUT2D eigenvalue weighted by Crippen LogP contribution is 2.38. The molecule has 0 spiro atoms. The van der Waals surface area contributed by atoms with Crippen LogP contribution in [-0.4, -0.2) is 10.3 Å². The molecule has 0 N–H and O–H groups in total. The molecule has 0 bridgehead atoms. The van der Waals surface area contributed by atoms with E-state index < -0.39 is 0 Å². The molecule has 0 amide bonds. The van der Waals surface area contributed by atoms with Gasteiger partial charge in [0.15, 0.2) is 0 Å². The Kier molecular flexibility index (Phi) is 5.73. The van der Waals surface area contributed by atoms with Crippen LogP contribution in [0.4, 0.5) is 4.39 Å². The lowest BCUT2D eigenvalue weighted by Crippen LogP contribution is -2.17. The van der Waals surface area contributed by atoms with E-state index in [1.54, 1.807) is 29.8 Å². The summed E-state index contributed by atoms with van der Waals surface area (Å²) in [5.41, 5.74) is 8.09. The molecule has 1 atom stereocenters. The topological polar surface area (TPSA) is 34.4 Å². The summed E-state index contributed by atoms with van der Waals surface area (Å²) in [5.74, 6) is -0.271. The van der Waals surface area contributed by atoms with E-state index in [9.17, 15) is 9.18 Å². The number of aliphatic imine (C=N–C) groups is 1. The third-order valence-electron chi connectivity index (χ3n) is 5.91. The number of nitrogens with zero attached hydrogens (tertiary/aromatic N) is 2. The molecule has 2 aromatic carbocycles. The Bertz CT molecular complexity index is 1250. The normalized spacial score (nSPS) is 15.4. The maximum absolute atomic E-state index is 13.6. The van der Waals surface area contributed by atoms with Gasteiger partial charge in [0, 0.05) is 36.0 Å². The largest absolute Gasteiger partial charge is 0.318 e. The predicted octanol–water partition coefficient (Wildman–Crippen LogP) is 5.92. The number of rotatable bonds is 4. The van der Waals surface area contributed by atoms with E-state index in [4.69, 9.17) is 4.99 Å². The second kappa shape index (κ2) is 8.46. The fourth-order valence-electron chi connectivity index (χ4n) is 4.15. The number of aryl methyl sites for hydroxylation is 2. The van der Waals surface area contributed by atoms with Crippen LogP contribution in [0.2, 0.25) is 0 Å². The first kappa shape index (κ1) is 21.0. The highest BCUT2D eigenvalue weighted by Gasteiger charge is 2.24. The molecule has 1 aliphatic rings. The Morgan fingerprint density at radius 2 is 1.81 bits per heavy atom. The van der Waals surface area contributed by atoms with E-state index in [0.717, 1.165) is 46.4 Å². The van der Waals surface area contributed by atoms with Crippen molar-refractivity contribution < 1.29 is 4.39 Å². The van der Waals surface area contributed by atoms with E-state index in [0.29, 0.717) is 0 Å². The van der Waals surface area contributed by atoms with Crippen molar-refractivity contribution in [3.8, 4) is 11.1 Å². The van der Waals surface area contributed by atoms with Gasteiger partial charge in [-0.1, -0.05) is 19.1 Å². The molecule has 0 aliphatic carbocycles. The SMILES string of the molecule is CCC=CCc1cc2c(cc1C)C(c1ccc(F)cc1)=N[C@@H](C)c1cc(=O)n(C)cc1-2. The van der Waals surface area contributed by atoms with Crippen LogP contribution in [0, 0.1) is 12.7 Å². The van der Waals surface area contributed by atoms with Gasteiger partial charge < -0.3 is 4.57 Å². The number of hydrogen-bond acceptors (Lipinski definition) is 2. The second-order valence-corrected chi connectivity index (χ2v) is 8.16. The zero-order valence-electron chi connectivity index (χ0n) is 18.4. The molecule has 1 aromatic heterocycles. The fourth-order valence-corrected chi connectivity index (χ4v) is 4.15. The summed E-state index contributed by atoms with van der Waals surface area (Å²) in [7, 11) is 1.78. The molecular weight excluding hydrogens is 387 g/mol. The number of pyridine rings is 1. The van der Waals surface area contributed by atoms with Crippen LogP contribution in [-0.2, 0) is 13.5 Å². The van der Waals surface area contributed by atoms with Crippen molar-refractivity contribution in [3.05, 3.63) is 105 Å². The molecule has 0 saturated heterocycles. The van der Waals surface area contributed by atoms with Gasteiger partial charge in [-0.15, -0.1) is 0 Å². The molecule has 0 radical (unpaired) electrons. The van der Waals surface area contributed by atoms with Crippen molar-refractivity contribution in [2.75, 3.05) is 0 Å². The molecule has 158 valence electrons. The highest BCUT2D eigenvalue weighted by molar-refractivity contribution is 6.17. The number of fused-ring (bicyclic) bond motifs is 3. The molecule has 3 aromatic rings. The van der Waals surface area contributed by atoms with Gasteiger partial charge in [0.05, 0.1) is 11.8 Å². The number of aromatic nitrogens is 1. The minimum atomic E-state index is -0.271. The monoisotopic (exact) mass is 414 g/mol. The van der Waals surface area contributed by atoms with Gasteiger partial charge in [0.25, 0.3) is 5.56 Å². The molecule has 0 fully saturated rings. The zero-order chi connectivity index (χ0) is 22.1. The quantitative estimate of drug-likeness (QED) is 0.488. The van der Waals surface area contributed by atoms with Crippen LogP contribution < -0.4 is 5.56 Å². The van der Waals surface area contributed by atoms with Crippen molar-refractivity contribution in [2.45, 2.75) is 39.7 Å². The average Bonchev–Trinajstić information content (AvgIpc) is 2.85. The molecule has 3 nitrogen and oxygen atoms in total. The van der Waals surface area contributed by atoms with Crippen molar-refractivity contribution >= 4 is 5.71 Å². The summed E-state index contributed by atoms with van der Waals surface area (Å²) >= 11 is 0. The van der Waals surface area contributed by atoms with Crippen LogP contribution in [0.1, 0.15) is 54.1 Å². The Hall–Kier alpha value is -3.27. The molecule has 4 rings (SSSR count). The Morgan fingerprint density at radius 1 is 1.06 bits per heavy atom. The maximum atomic E-state index is 13.6. The van der Waals surface area contributed by atoms with E-state index in [-0.39, 0.29) is 17.4 Å². The summed E-state index contributed by atoms with van der Waals surface area (Å²) in [6.45, 7) is 6.25. The highest BCUT2D eigenvalue weighted by atomic mass is 19.1. The van der Waals surface area contributed by atoms with Gasteiger partial charge >= 0.3 is 0 Å². The molecule has 0 unspecified atom stereocenters. The summed E-state index contributed by atoms with van der Waals surface area (Å²) in [6, 6.07) is 12.4. The summed E-state index contributed by atoms with van der Waals surface area (Å²) in [4.78, 5) is 17.4. The first-order valence-corrected chi connectivity index (χ1v) is 10.7. The molecule has 31 heavy (non-hydrogen) atoms. The number of allylic oxidation sites excluding steroid dienone is 2. The van der Waals surface area contributed by atoms with Crippen LogP contribution in [0.5, 0.6) is 0 Å². The number of benzene rings is 2. The van der Waals surface area contributed by atoms with Gasteiger partial charge in [-0.2, -0.15) is 0 Å². The molecule has 1 aliphatic heterocycles. The van der Waals surface area contributed by atoms with Crippen LogP contribution in [0.15, 0.2) is 70.6 Å². The van der Waals surface area contributed by atoms with Crippen molar-refractivity contribution in [3.63, 3.8) is 0 Å².